The van der Waals surface area contributed by atoms with Crippen LogP contribution in [0.3, 0.4) is 0 Å². The number of carbonyl (C=O) groups excluding carboxylic acids is 1. The van der Waals surface area contributed by atoms with Crippen molar-refractivity contribution in [2.45, 2.75) is 0 Å². The highest BCUT2D eigenvalue weighted by Gasteiger charge is 2.09. The first-order valence-electron chi connectivity index (χ1n) is 8.90. The first kappa shape index (κ1) is 19.0. The quantitative estimate of drug-likeness (QED) is 0.385. The van der Waals surface area contributed by atoms with Crippen LogP contribution in [-0.2, 0) is 4.79 Å². The van der Waals surface area contributed by atoms with Crippen molar-refractivity contribution in [3.8, 4) is 17.2 Å². The van der Waals surface area contributed by atoms with Crippen molar-refractivity contribution < 1.29 is 13.9 Å². The van der Waals surface area contributed by atoms with Gasteiger partial charge in [0, 0.05) is 21.8 Å². The van der Waals surface area contributed by atoms with Gasteiger partial charge in [-0.05, 0) is 66.2 Å². The van der Waals surface area contributed by atoms with Crippen LogP contribution in [0.2, 0.25) is 0 Å². The molecule has 0 radical (unpaired) electrons. The summed E-state index contributed by atoms with van der Waals surface area (Å²) in [4.78, 5) is 16.8. The van der Waals surface area contributed by atoms with E-state index in [9.17, 15) is 4.79 Å². The van der Waals surface area contributed by atoms with Crippen molar-refractivity contribution >= 4 is 44.7 Å². The van der Waals surface area contributed by atoms with Gasteiger partial charge < -0.3 is 14.5 Å². The molecule has 1 amide bonds. The number of hydrogen-bond acceptors (Lipinski definition) is 4. The van der Waals surface area contributed by atoms with E-state index in [1.165, 1.54) is 6.08 Å². The van der Waals surface area contributed by atoms with Crippen LogP contribution in [0.1, 0.15) is 5.56 Å². The summed E-state index contributed by atoms with van der Waals surface area (Å²) >= 11 is 3.42. The molecule has 0 aliphatic heterocycles. The van der Waals surface area contributed by atoms with E-state index in [1.807, 2.05) is 48.5 Å². The Labute approximate surface area is 176 Å². The minimum atomic E-state index is -0.225. The summed E-state index contributed by atoms with van der Waals surface area (Å²) < 4.78 is 11.9. The normalized spacial score (nSPS) is 11.1. The Kier molecular flexibility index (Phi) is 5.44. The van der Waals surface area contributed by atoms with Gasteiger partial charge in [0.1, 0.15) is 11.3 Å². The Bertz CT molecular complexity index is 1180. The molecule has 29 heavy (non-hydrogen) atoms. The minimum absolute atomic E-state index is 0.225. The minimum Gasteiger partial charge on any atom is -0.497 e. The second-order valence-electron chi connectivity index (χ2n) is 6.30. The molecule has 3 aromatic carbocycles. The molecule has 1 heterocycles. The van der Waals surface area contributed by atoms with Gasteiger partial charge in [0.15, 0.2) is 5.58 Å². The van der Waals surface area contributed by atoms with Crippen LogP contribution in [0, 0.1) is 0 Å². The number of anilines is 1. The van der Waals surface area contributed by atoms with Gasteiger partial charge in [-0.1, -0.05) is 28.1 Å². The van der Waals surface area contributed by atoms with Crippen molar-refractivity contribution in [2.75, 3.05) is 12.4 Å². The molecule has 1 aromatic heterocycles. The van der Waals surface area contributed by atoms with E-state index in [1.54, 1.807) is 31.4 Å². The maximum Gasteiger partial charge on any atom is 0.248 e. The molecule has 0 spiro atoms. The van der Waals surface area contributed by atoms with E-state index in [0.29, 0.717) is 22.7 Å². The Morgan fingerprint density at radius 3 is 2.55 bits per heavy atom. The lowest BCUT2D eigenvalue weighted by Crippen LogP contribution is -2.07. The first-order chi connectivity index (χ1) is 14.1. The summed E-state index contributed by atoms with van der Waals surface area (Å²) in [6, 6.07) is 20.6. The topological polar surface area (TPSA) is 64.4 Å². The summed E-state index contributed by atoms with van der Waals surface area (Å²) in [6.07, 6.45) is 3.23. The molecule has 4 rings (SSSR count). The Hall–Kier alpha value is -3.38. The lowest BCUT2D eigenvalue weighted by Gasteiger charge is -2.02. The van der Waals surface area contributed by atoms with Gasteiger partial charge in [0.2, 0.25) is 11.8 Å². The zero-order valence-corrected chi connectivity index (χ0v) is 17.1. The fourth-order valence-corrected chi connectivity index (χ4v) is 3.06. The van der Waals surface area contributed by atoms with Crippen LogP contribution in [0.25, 0.3) is 28.6 Å². The molecular weight excluding hydrogens is 432 g/mol. The number of benzene rings is 3. The number of nitrogens with zero attached hydrogens (tertiary/aromatic N) is 1. The molecule has 0 atom stereocenters. The van der Waals surface area contributed by atoms with E-state index in [4.69, 9.17) is 9.15 Å². The van der Waals surface area contributed by atoms with Crippen molar-refractivity contribution in [3.63, 3.8) is 0 Å². The van der Waals surface area contributed by atoms with Crippen LogP contribution < -0.4 is 10.1 Å². The number of halogens is 1. The lowest BCUT2D eigenvalue weighted by atomic mass is 10.2. The summed E-state index contributed by atoms with van der Waals surface area (Å²) in [5, 5.41) is 2.85. The van der Waals surface area contributed by atoms with Crippen LogP contribution in [0.5, 0.6) is 5.75 Å². The second-order valence-corrected chi connectivity index (χ2v) is 7.22. The SMILES string of the molecule is COc1ccc(/C=C\C(=O)Nc2ccc3oc(-c4ccc(Br)cc4)nc3c2)cc1. The Morgan fingerprint density at radius 2 is 1.83 bits per heavy atom. The van der Waals surface area contributed by atoms with Crippen LogP contribution in [-0.4, -0.2) is 18.0 Å². The maximum atomic E-state index is 12.2. The number of aromatic nitrogens is 1. The van der Waals surface area contributed by atoms with Gasteiger partial charge >= 0.3 is 0 Å². The van der Waals surface area contributed by atoms with E-state index in [0.717, 1.165) is 21.3 Å². The van der Waals surface area contributed by atoms with E-state index in [2.05, 4.69) is 26.2 Å². The average Bonchev–Trinajstić information content (AvgIpc) is 3.16. The third-order valence-electron chi connectivity index (χ3n) is 4.29. The molecule has 144 valence electrons. The molecule has 4 aromatic rings. The van der Waals surface area contributed by atoms with Crippen molar-refractivity contribution in [1.82, 2.24) is 4.98 Å². The fraction of sp³-hybridized carbons (Fsp3) is 0.0435. The number of amides is 1. The van der Waals surface area contributed by atoms with Gasteiger partial charge in [-0.15, -0.1) is 0 Å². The number of rotatable bonds is 5. The number of oxazole rings is 1. The molecule has 0 unspecified atom stereocenters. The molecule has 0 fully saturated rings. The third-order valence-corrected chi connectivity index (χ3v) is 4.82. The number of fused-ring (bicyclic) bond motifs is 1. The van der Waals surface area contributed by atoms with Gasteiger partial charge in [-0.3, -0.25) is 4.79 Å². The molecular formula is C23H17BrN2O3. The largest absolute Gasteiger partial charge is 0.497 e. The van der Waals surface area contributed by atoms with Gasteiger partial charge in [-0.25, -0.2) is 4.98 Å². The number of hydrogen-bond donors (Lipinski definition) is 1. The molecule has 0 bridgehead atoms. The molecule has 5 nitrogen and oxygen atoms in total. The van der Waals surface area contributed by atoms with E-state index < -0.39 is 0 Å². The number of methoxy groups -OCH3 is 1. The monoisotopic (exact) mass is 448 g/mol. The highest BCUT2D eigenvalue weighted by molar-refractivity contribution is 9.10. The number of carbonyl (C=O) groups is 1. The van der Waals surface area contributed by atoms with Crippen LogP contribution in [0.15, 0.2) is 81.7 Å². The van der Waals surface area contributed by atoms with Crippen molar-refractivity contribution in [3.05, 3.63) is 82.8 Å². The summed E-state index contributed by atoms with van der Waals surface area (Å²) in [5.74, 6) is 1.09. The van der Waals surface area contributed by atoms with Gasteiger partial charge in [0.05, 0.1) is 7.11 Å². The van der Waals surface area contributed by atoms with E-state index >= 15 is 0 Å². The standard InChI is InChI=1S/C23H17BrN2O3/c1-28-19-10-2-15(3-11-19)4-13-22(27)25-18-9-12-21-20(14-18)26-23(29-21)16-5-7-17(24)8-6-16/h2-14H,1H3,(H,25,27)/b13-4-. The summed E-state index contributed by atoms with van der Waals surface area (Å²) in [5.41, 5.74) is 3.79. The molecule has 0 saturated heterocycles. The van der Waals surface area contributed by atoms with Gasteiger partial charge in [0.25, 0.3) is 0 Å². The molecule has 1 N–H and O–H groups in total. The van der Waals surface area contributed by atoms with Crippen molar-refractivity contribution in [2.24, 2.45) is 0 Å². The predicted octanol–water partition coefficient (Wildman–Crippen LogP) is 5.92. The molecule has 0 saturated carbocycles. The third kappa shape index (κ3) is 4.55. The highest BCUT2D eigenvalue weighted by Crippen LogP contribution is 2.27. The molecule has 6 heteroatoms. The molecule has 0 aliphatic carbocycles. The number of ether oxygens (including phenoxy) is 1. The average molecular weight is 449 g/mol. The second kappa shape index (κ2) is 8.32. The van der Waals surface area contributed by atoms with Gasteiger partial charge in [-0.2, -0.15) is 0 Å². The Balaban J connectivity index is 1.48. The predicted molar refractivity (Wildman–Crippen MR) is 118 cm³/mol. The number of nitrogens with one attached hydrogen (secondary N) is 1. The van der Waals surface area contributed by atoms with Crippen LogP contribution >= 0.6 is 15.9 Å². The fourth-order valence-electron chi connectivity index (χ4n) is 2.79. The first-order valence-corrected chi connectivity index (χ1v) is 9.70. The zero-order chi connectivity index (χ0) is 20.2. The maximum absolute atomic E-state index is 12.2. The van der Waals surface area contributed by atoms with E-state index in [-0.39, 0.29) is 5.91 Å². The lowest BCUT2D eigenvalue weighted by molar-refractivity contribution is -0.111. The zero-order valence-electron chi connectivity index (χ0n) is 15.6. The summed E-state index contributed by atoms with van der Waals surface area (Å²) in [6.45, 7) is 0. The summed E-state index contributed by atoms with van der Waals surface area (Å²) in [7, 11) is 1.62. The van der Waals surface area contributed by atoms with Crippen LogP contribution in [0.4, 0.5) is 5.69 Å². The molecule has 0 aliphatic rings. The Morgan fingerprint density at radius 1 is 1.07 bits per heavy atom. The highest BCUT2D eigenvalue weighted by atomic mass is 79.9. The van der Waals surface area contributed by atoms with Crippen molar-refractivity contribution in [1.29, 1.82) is 0 Å². The smallest absolute Gasteiger partial charge is 0.248 e.